The molecule has 1 N–H and O–H groups in total. The molecule has 0 aliphatic carbocycles. The van der Waals surface area contributed by atoms with Gasteiger partial charge in [-0.2, -0.15) is 0 Å². The van der Waals surface area contributed by atoms with Gasteiger partial charge in [0.05, 0.1) is 7.11 Å². The van der Waals surface area contributed by atoms with E-state index < -0.39 is 18.4 Å². The Kier molecular flexibility index (Phi) is 7.22. The molecule has 0 atom stereocenters. The number of ether oxygens (including phenoxy) is 2. The highest BCUT2D eigenvalue weighted by Gasteiger charge is 2.20. The number of carboxylic acids is 1. The van der Waals surface area contributed by atoms with E-state index in [1.807, 2.05) is 0 Å². The molecule has 0 heterocycles. The molecule has 0 saturated carbocycles. The molecule has 0 bridgehead atoms. The van der Waals surface area contributed by atoms with Gasteiger partial charge in [0.1, 0.15) is 30.5 Å². The molecule has 0 spiro atoms. The van der Waals surface area contributed by atoms with Crippen molar-refractivity contribution in [1.82, 2.24) is 4.90 Å². The number of rotatable bonds is 9. The van der Waals surface area contributed by atoms with Gasteiger partial charge in [0.2, 0.25) is 0 Å². The third kappa shape index (κ3) is 6.30. The van der Waals surface area contributed by atoms with E-state index in [1.54, 1.807) is 60.7 Å². The minimum atomic E-state index is -1.12. The summed E-state index contributed by atoms with van der Waals surface area (Å²) in [5.74, 6) is -0.872. The Morgan fingerprint density at radius 2 is 1.65 bits per heavy atom. The Balaban J connectivity index is 1.75. The first-order chi connectivity index (χ1) is 14.9. The molecule has 0 aliphatic heterocycles. The lowest BCUT2D eigenvalue weighted by molar-refractivity contribution is -0.137. The number of nitrogens with zero attached hydrogens (tertiary/aromatic N) is 1. The first-order valence-electron chi connectivity index (χ1n) is 9.56. The minimum absolute atomic E-state index is 0.108. The van der Waals surface area contributed by atoms with Crippen LogP contribution in [0.15, 0.2) is 72.8 Å². The number of carbonyl (C=O) groups excluding carboxylic acids is 1. The summed E-state index contributed by atoms with van der Waals surface area (Å²) in [5.41, 5.74) is 1.69. The normalized spacial score (nSPS) is 10.4. The van der Waals surface area contributed by atoms with Crippen molar-refractivity contribution >= 4 is 11.9 Å². The maximum Gasteiger partial charge on any atom is 0.323 e. The number of amides is 1. The fraction of sp³-hybridized carbons (Fsp3) is 0.167. The summed E-state index contributed by atoms with van der Waals surface area (Å²) in [6.45, 7) is -0.209. The number of hydrogen-bond donors (Lipinski definition) is 1. The van der Waals surface area contributed by atoms with Crippen LogP contribution >= 0.6 is 0 Å². The summed E-state index contributed by atoms with van der Waals surface area (Å²) >= 11 is 0. The summed E-state index contributed by atoms with van der Waals surface area (Å²) in [4.78, 5) is 25.6. The molecular weight excluding hydrogens is 401 g/mol. The van der Waals surface area contributed by atoms with E-state index >= 15 is 0 Å². The number of methoxy groups -OCH3 is 1. The van der Waals surface area contributed by atoms with Gasteiger partial charge in [-0.05, 0) is 53.6 Å². The van der Waals surface area contributed by atoms with Crippen LogP contribution in [-0.2, 0) is 17.9 Å². The van der Waals surface area contributed by atoms with E-state index in [4.69, 9.17) is 9.47 Å². The van der Waals surface area contributed by atoms with Crippen molar-refractivity contribution in [3.05, 3.63) is 95.3 Å². The number of halogens is 1. The first-order valence-corrected chi connectivity index (χ1v) is 9.56. The van der Waals surface area contributed by atoms with Crippen LogP contribution in [0.3, 0.4) is 0 Å². The standard InChI is InChI=1S/C24H22FNO5/c1-30-21-9-3-5-17(12-21)14-26(15-23(27)28)24(29)19-7-4-10-22(13-19)31-16-18-6-2-8-20(25)11-18/h2-13H,14-16H2,1H3,(H,27,28). The topological polar surface area (TPSA) is 76.1 Å². The number of carbonyl (C=O) groups is 2. The van der Waals surface area contributed by atoms with Crippen molar-refractivity contribution in [3.8, 4) is 11.5 Å². The molecule has 6 nitrogen and oxygen atoms in total. The lowest BCUT2D eigenvalue weighted by Gasteiger charge is -2.21. The predicted octanol–water partition coefficient (Wildman–Crippen LogP) is 4.14. The summed E-state index contributed by atoms with van der Waals surface area (Å²) in [5, 5.41) is 9.27. The van der Waals surface area contributed by atoms with Gasteiger partial charge in [0, 0.05) is 12.1 Å². The van der Waals surface area contributed by atoms with Crippen molar-refractivity contribution in [2.24, 2.45) is 0 Å². The maximum atomic E-state index is 13.3. The van der Waals surface area contributed by atoms with Crippen LogP contribution < -0.4 is 9.47 Å². The highest BCUT2D eigenvalue weighted by molar-refractivity contribution is 5.96. The fourth-order valence-corrected chi connectivity index (χ4v) is 3.05. The van der Waals surface area contributed by atoms with Crippen molar-refractivity contribution in [1.29, 1.82) is 0 Å². The number of hydrogen-bond acceptors (Lipinski definition) is 4. The minimum Gasteiger partial charge on any atom is -0.497 e. The second-order valence-electron chi connectivity index (χ2n) is 6.85. The van der Waals surface area contributed by atoms with Gasteiger partial charge in [0.25, 0.3) is 5.91 Å². The Morgan fingerprint density at radius 3 is 2.39 bits per heavy atom. The Morgan fingerprint density at radius 1 is 0.935 bits per heavy atom. The van der Waals surface area contributed by atoms with Gasteiger partial charge in [-0.1, -0.05) is 30.3 Å². The van der Waals surface area contributed by atoms with Crippen molar-refractivity contribution in [2.45, 2.75) is 13.2 Å². The van der Waals surface area contributed by atoms with Crippen LogP contribution in [-0.4, -0.2) is 35.5 Å². The molecule has 0 saturated heterocycles. The van der Waals surface area contributed by atoms with Crippen LogP contribution in [0.2, 0.25) is 0 Å². The SMILES string of the molecule is COc1cccc(CN(CC(=O)O)C(=O)c2cccc(OCc3cccc(F)c3)c2)c1. The van der Waals surface area contributed by atoms with Crippen molar-refractivity contribution < 1.29 is 28.6 Å². The lowest BCUT2D eigenvalue weighted by Crippen LogP contribution is -2.35. The molecule has 31 heavy (non-hydrogen) atoms. The van der Waals surface area contributed by atoms with Gasteiger partial charge in [0.15, 0.2) is 0 Å². The van der Waals surface area contributed by atoms with E-state index in [-0.39, 0.29) is 19.0 Å². The van der Waals surface area contributed by atoms with Gasteiger partial charge in [-0.3, -0.25) is 9.59 Å². The number of carboxylic acid groups (broad SMARTS) is 1. The Hall–Kier alpha value is -3.87. The van der Waals surface area contributed by atoms with Gasteiger partial charge in [-0.15, -0.1) is 0 Å². The first kappa shape index (κ1) is 21.8. The highest BCUT2D eigenvalue weighted by atomic mass is 19.1. The second kappa shape index (κ2) is 10.2. The maximum absolute atomic E-state index is 13.3. The zero-order valence-electron chi connectivity index (χ0n) is 17.0. The summed E-state index contributed by atoms with van der Waals surface area (Å²) < 4.78 is 24.2. The average Bonchev–Trinajstić information content (AvgIpc) is 2.77. The van der Waals surface area contributed by atoms with Crippen LogP contribution in [0.1, 0.15) is 21.5 Å². The van der Waals surface area contributed by atoms with Crippen LogP contribution in [0.25, 0.3) is 0 Å². The van der Waals surface area contributed by atoms with Crippen LogP contribution in [0, 0.1) is 5.82 Å². The van der Waals surface area contributed by atoms with E-state index in [1.165, 1.54) is 24.1 Å². The smallest absolute Gasteiger partial charge is 0.323 e. The van der Waals surface area contributed by atoms with E-state index in [2.05, 4.69) is 0 Å². The van der Waals surface area contributed by atoms with Gasteiger partial charge in [-0.25, -0.2) is 4.39 Å². The largest absolute Gasteiger partial charge is 0.497 e. The molecule has 160 valence electrons. The monoisotopic (exact) mass is 423 g/mol. The molecule has 0 unspecified atom stereocenters. The quantitative estimate of drug-likeness (QED) is 0.560. The third-order valence-electron chi connectivity index (χ3n) is 4.50. The third-order valence-corrected chi connectivity index (χ3v) is 4.50. The molecule has 7 heteroatoms. The van der Waals surface area contributed by atoms with Crippen molar-refractivity contribution in [2.75, 3.05) is 13.7 Å². The average molecular weight is 423 g/mol. The molecule has 3 rings (SSSR count). The molecule has 3 aromatic carbocycles. The summed E-state index contributed by atoms with van der Waals surface area (Å²) in [7, 11) is 1.54. The Bertz CT molecular complexity index is 1070. The second-order valence-corrected chi connectivity index (χ2v) is 6.85. The summed E-state index contributed by atoms with van der Waals surface area (Å²) in [6, 6.07) is 19.6. The zero-order chi connectivity index (χ0) is 22.2. The summed E-state index contributed by atoms with van der Waals surface area (Å²) in [6.07, 6.45) is 0. The van der Waals surface area contributed by atoms with Crippen LogP contribution in [0.4, 0.5) is 4.39 Å². The van der Waals surface area contributed by atoms with E-state index in [0.717, 1.165) is 5.56 Å². The highest BCUT2D eigenvalue weighted by Crippen LogP contribution is 2.19. The molecule has 3 aromatic rings. The molecular formula is C24H22FNO5. The molecule has 0 aliphatic rings. The Labute approximate surface area is 179 Å². The molecule has 0 aromatic heterocycles. The predicted molar refractivity (Wildman–Crippen MR) is 113 cm³/mol. The number of benzene rings is 3. The fourth-order valence-electron chi connectivity index (χ4n) is 3.05. The number of aliphatic carboxylic acids is 1. The molecule has 1 amide bonds. The molecule has 0 fully saturated rings. The van der Waals surface area contributed by atoms with E-state index in [9.17, 15) is 19.1 Å². The van der Waals surface area contributed by atoms with Crippen LogP contribution in [0.5, 0.6) is 11.5 Å². The van der Waals surface area contributed by atoms with Gasteiger partial charge >= 0.3 is 5.97 Å². The lowest BCUT2D eigenvalue weighted by atomic mass is 10.1. The van der Waals surface area contributed by atoms with Gasteiger partial charge < -0.3 is 19.5 Å². The zero-order valence-corrected chi connectivity index (χ0v) is 17.0. The van der Waals surface area contributed by atoms with Crippen molar-refractivity contribution in [3.63, 3.8) is 0 Å². The molecule has 0 radical (unpaired) electrons. The van der Waals surface area contributed by atoms with E-state index in [0.29, 0.717) is 22.6 Å².